The number of anilines is 1. The molecule has 1 unspecified atom stereocenters. The third-order valence-corrected chi connectivity index (χ3v) is 5.73. The van der Waals surface area contributed by atoms with E-state index in [1.54, 1.807) is 6.20 Å². The van der Waals surface area contributed by atoms with E-state index < -0.39 is 6.10 Å². The Morgan fingerprint density at radius 1 is 0.962 bits per heavy atom. The molecule has 5 heteroatoms. The number of piperazine rings is 1. The number of hydrogen-bond acceptors (Lipinski definition) is 5. The van der Waals surface area contributed by atoms with Gasteiger partial charge >= 0.3 is 0 Å². The fourth-order valence-electron chi connectivity index (χ4n) is 3.47. The summed E-state index contributed by atoms with van der Waals surface area (Å²) in [5.41, 5.74) is 2.73. The third kappa shape index (κ3) is 3.80. The van der Waals surface area contributed by atoms with E-state index in [-0.39, 0.29) is 0 Å². The normalized spacial score (nSPS) is 16.6. The molecule has 4 nitrogen and oxygen atoms in total. The maximum absolute atomic E-state index is 10.8. The van der Waals surface area contributed by atoms with Gasteiger partial charge in [0.25, 0.3) is 0 Å². The number of pyridine rings is 1. The summed E-state index contributed by atoms with van der Waals surface area (Å²) in [4.78, 5) is 10.6. The van der Waals surface area contributed by atoms with Crippen molar-refractivity contribution in [2.24, 2.45) is 0 Å². The van der Waals surface area contributed by atoms with Gasteiger partial charge in [0.05, 0.1) is 5.69 Å². The van der Waals surface area contributed by atoms with E-state index in [4.69, 9.17) is 0 Å². The van der Waals surface area contributed by atoms with E-state index in [0.717, 1.165) is 44.0 Å². The Labute approximate surface area is 158 Å². The summed E-state index contributed by atoms with van der Waals surface area (Å²) < 4.78 is 0. The van der Waals surface area contributed by atoms with Crippen LogP contribution in [0.1, 0.15) is 22.2 Å². The molecule has 26 heavy (non-hydrogen) atoms. The molecule has 134 valence electrons. The Bertz CT molecular complexity index is 814. The lowest BCUT2D eigenvalue weighted by Crippen LogP contribution is -2.46. The average Bonchev–Trinajstić information content (AvgIpc) is 3.22. The Morgan fingerprint density at radius 2 is 1.77 bits per heavy atom. The number of hydrogen-bond donors (Lipinski definition) is 1. The van der Waals surface area contributed by atoms with Gasteiger partial charge in [0.2, 0.25) is 0 Å². The fourth-order valence-corrected chi connectivity index (χ4v) is 4.22. The summed E-state index contributed by atoms with van der Waals surface area (Å²) in [6, 6.07) is 18.1. The highest BCUT2D eigenvalue weighted by molar-refractivity contribution is 7.09. The van der Waals surface area contributed by atoms with Crippen molar-refractivity contribution < 1.29 is 5.11 Å². The Kier molecular flexibility index (Phi) is 5.29. The van der Waals surface area contributed by atoms with Crippen molar-refractivity contribution in [3.63, 3.8) is 0 Å². The lowest BCUT2D eigenvalue weighted by molar-refractivity contribution is 0.214. The first-order chi connectivity index (χ1) is 12.8. The molecule has 1 atom stereocenters. The highest BCUT2D eigenvalue weighted by atomic mass is 32.1. The lowest BCUT2D eigenvalue weighted by Gasteiger charge is -2.37. The van der Waals surface area contributed by atoms with Crippen molar-refractivity contribution in [3.8, 4) is 0 Å². The van der Waals surface area contributed by atoms with Crippen LogP contribution in [-0.2, 0) is 6.54 Å². The maximum atomic E-state index is 10.8. The first kappa shape index (κ1) is 17.2. The highest BCUT2D eigenvalue weighted by Gasteiger charge is 2.22. The molecule has 0 aliphatic carbocycles. The minimum Gasteiger partial charge on any atom is -0.382 e. The van der Waals surface area contributed by atoms with E-state index in [0.29, 0.717) is 5.69 Å². The molecule has 0 amide bonds. The molecule has 0 radical (unpaired) electrons. The number of thiophene rings is 1. The zero-order valence-electron chi connectivity index (χ0n) is 14.7. The molecule has 1 aromatic carbocycles. The molecule has 3 heterocycles. The van der Waals surface area contributed by atoms with E-state index >= 15 is 0 Å². The summed E-state index contributed by atoms with van der Waals surface area (Å²) >= 11 is 1.82. The van der Waals surface area contributed by atoms with Crippen molar-refractivity contribution in [1.29, 1.82) is 0 Å². The predicted molar refractivity (Wildman–Crippen MR) is 107 cm³/mol. The van der Waals surface area contributed by atoms with Crippen LogP contribution in [0, 0.1) is 0 Å². The number of aliphatic hydroxyl groups excluding tert-OH is 1. The quantitative estimate of drug-likeness (QED) is 0.751. The van der Waals surface area contributed by atoms with Gasteiger partial charge in [-0.2, -0.15) is 0 Å². The Morgan fingerprint density at radius 3 is 2.50 bits per heavy atom. The smallest absolute Gasteiger partial charge is 0.123 e. The minimum atomic E-state index is -0.698. The second-order valence-corrected chi connectivity index (χ2v) is 7.59. The van der Waals surface area contributed by atoms with Crippen molar-refractivity contribution in [2.75, 3.05) is 31.1 Å². The number of nitrogens with zero attached hydrogens (tertiary/aromatic N) is 3. The number of aliphatic hydroxyl groups is 1. The van der Waals surface area contributed by atoms with Gasteiger partial charge in [-0.1, -0.05) is 30.3 Å². The van der Waals surface area contributed by atoms with Crippen LogP contribution in [0.15, 0.2) is 66.2 Å². The fraction of sp³-hybridized carbons (Fsp3) is 0.286. The van der Waals surface area contributed by atoms with Gasteiger partial charge in [-0.05, 0) is 29.6 Å². The van der Waals surface area contributed by atoms with Gasteiger partial charge in [-0.15, -0.1) is 11.3 Å². The number of benzene rings is 1. The van der Waals surface area contributed by atoms with Crippen LogP contribution in [0.2, 0.25) is 0 Å². The lowest BCUT2D eigenvalue weighted by atomic mass is 10.0. The Balaban J connectivity index is 1.47. The molecule has 1 fully saturated rings. The highest BCUT2D eigenvalue weighted by Crippen LogP contribution is 2.30. The molecule has 3 aromatic rings. The van der Waals surface area contributed by atoms with E-state index in [9.17, 15) is 5.11 Å². The van der Waals surface area contributed by atoms with E-state index in [2.05, 4.69) is 38.4 Å². The first-order valence-corrected chi connectivity index (χ1v) is 9.87. The van der Waals surface area contributed by atoms with Crippen LogP contribution in [0.25, 0.3) is 0 Å². The topological polar surface area (TPSA) is 39.6 Å². The van der Waals surface area contributed by atoms with Crippen molar-refractivity contribution in [3.05, 3.63) is 82.3 Å². The second kappa shape index (κ2) is 7.99. The second-order valence-electron chi connectivity index (χ2n) is 6.56. The SMILES string of the molecule is OC(c1ccccn1)c1ccccc1N1CCN(Cc2cccs2)CC1. The van der Waals surface area contributed by atoms with Gasteiger partial charge in [0, 0.05) is 55.0 Å². The molecule has 0 saturated carbocycles. The standard InChI is InChI=1S/C21H23N3OS/c25-21(19-8-3-4-10-22-19)18-7-1-2-9-20(18)24-13-11-23(12-14-24)16-17-6-5-15-26-17/h1-10,15,21,25H,11-14,16H2. The number of rotatable bonds is 5. The van der Waals surface area contributed by atoms with E-state index in [1.807, 2.05) is 47.7 Å². The summed E-state index contributed by atoms with van der Waals surface area (Å²) in [7, 11) is 0. The van der Waals surface area contributed by atoms with Crippen LogP contribution in [0.4, 0.5) is 5.69 Å². The molecule has 0 spiro atoms. The molecule has 1 saturated heterocycles. The third-order valence-electron chi connectivity index (χ3n) is 4.87. The molecule has 0 bridgehead atoms. The van der Waals surface area contributed by atoms with Crippen LogP contribution in [-0.4, -0.2) is 41.2 Å². The summed E-state index contributed by atoms with van der Waals surface area (Å²) in [5, 5.41) is 13.0. The molecule has 1 N–H and O–H groups in total. The molecule has 2 aromatic heterocycles. The van der Waals surface area contributed by atoms with Crippen LogP contribution >= 0.6 is 11.3 Å². The zero-order chi connectivity index (χ0) is 17.8. The molecule has 4 rings (SSSR count). The van der Waals surface area contributed by atoms with E-state index in [1.165, 1.54) is 4.88 Å². The summed E-state index contributed by atoms with van der Waals surface area (Å²) in [6.07, 6.45) is 1.03. The summed E-state index contributed by atoms with van der Waals surface area (Å²) in [5.74, 6) is 0. The Hall–Kier alpha value is -2.21. The van der Waals surface area contributed by atoms with Gasteiger partial charge in [-0.3, -0.25) is 9.88 Å². The molecule has 1 aliphatic heterocycles. The van der Waals surface area contributed by atoms with Crippen molar-refractivity contribution in [2.45, 2.75) is 12.6 Å². The van der Waals surface area contributed by atoms with Gasteiger partial charge in [0.15, 0.2) is 0 Å². The van der Waals surface area contributed by atoms with Crippen molar-refractivity contribution in [1.82, 2.24) is 9.88 Å². The zero-order valence-corrected chi connectivity index (χ0v) is 15.5. The number of aromatic nitrogens is 1. The minimum absolute atomic E-state index is 0.691. The molecular weight excluding hydrogens is 342 g/mol. The van der Waals surface area contributed by atoms with Crippen LogP contribution < -0.4 is 4.90 Å². The molecule has 1 aliphatic rings. The summed E-state index contributed by atoms with van der Waals surface area (Å²) in [6.45, 7) is 5.04. The maximum Gasteiger partial charge on any atom is 0.123 e. The van der Waals surface area contributed by atoms with Gasteiger partial charge in [-0.25, -0.2) is 0 Å². The van der Waals surface area contributed by atoms with Crippen LogP contribution in [0.5, 0.6) is 0 Å². The average molecular weight is 366 g/mol. The van der Waals surface area contributed by atoms with Gasteiger partial charge < -0.3 is 10.0 Å². The van der Waals surface area contributed by atoms with Gasteiger partial charge in [0.1, 0.15) is 6.10 Å². The van der Waals surface area contributed by atoms with Crippen molar-refractivity contribution >= 4 is 17.0 Å². The van der Waals surface area contributed by atoms with Crippen LogP contribution in [0.3, 0.4) is 0 Å². The largest absolute Gasteiger partial charge is 0.382 e. The monoisotopic (exact) mass is 365 g/mol. The predicted octanol–water partition coefficient (Wildman–Crippen LogP) is 3.55. The number of para-hydroxylation sites is 1. The first-order valence-electron chi connectivity index (χ1n) is 8.99. The molecular formula is C21H23N3OS.